The van der Waals surface area contributed by atoms with Gasteiger partial charge in [0.2, 0.25) is 0 Å². The van der Waals surface area contributed by atoms with Gasteiger partial charge < -0.3 is 14.8 Å². The van der Waals surface area contributed by atoms with Gasteiger partial charge in [0.25, 0.3) is 0 Å². The number of aryl methyl sites for hydroxylation is 1. The standard InChI is InChI=1S/C27H25N3O/c1-2-20-11-6-8-15-23(20)28-27(31)30-19-22-14-7-9-16-24(22)29-18-10-17-25(29)26(30)21-12-4-3-5-13-21/h3-18,26H,2,19H2,1H3,(H,28,31)/t26-/m0/s1. The van der Waals surface area contributed by atoms with Crippen LogP contribution < -0.4 is 5.32 Å². The van der Waals surface area contributed by atoms with E-state index in [0.29, 0.717) is 6.54 Å². The van der Waals surface area contributed by atoms with Gasteiger partial charge in [-0.05, 0) is 47.4 Å². The third-order valence-electron chi connectivity index (χ3n) is 5.98. The predicted molar refractivity (Wildman–Crippen MR) is 124 cm³/mol. The van der Waals surface area contributed by atoms with Crippen LogP contribution in [0.15, 0.2) is 97.2 Å². The molecule has 0 radical (unpaired) electrons. The topological polar surface area (TPSA) is 37.3 Å². The lowest BCUT2D eigenvalue weighted by molar-refractivity contribution is 0.194. The van der Waals surface area contributed by atoms with E-state index >= 15 is 0 Å². The number of benzene rings is 3. The van der Waals surface area contributed by atoms with Crippen molar-refractivity contribution >= 4 is 11.7 Å². The monoisotopic (exact) mass is 407 g/mol. The van der Waals surface area contributed by atoms with Gasteiger partial charge in [-0.25, -0.2) is 4.79 Å². The highest BCUT2D eigenvalue weighted by Crippen LogP contribution is 2.37. The maximum absolute atomic E-state index is 13.7. The number of anilines is 1. The van der Waals surface area contributed by atoms with E-state index in [1.54, 1.807) is 0 Å². The summed E-state index contributed by atoms with van der Waals surface area (Å²) in [6.07, 6.45) is 2.95. The van der Waals surface area contributed by atoms with Crippen LogP contribution in [0, 0.1) is 0 Å². The van der Waals surface area contributed by atoms with Crippen molar-refractivity contribution in [3.05, 3.63) is 120 Å². The number of carbonyl (C=O) groups excluding carboxylic acids is 1. The number of nitrogens with zero attached hydrogens (tertiary/aromatic N) is 2. The maximum Gasteiger partial charge on any atom is 0.322 e. The van der Waals surface area contributed by atoms with Gasteiger partial charge in [-0.1, -0.05) is 73.7 Å². The van der Waals surface area contributed by atoms with Crippen molar-refractivity contribution in [3.63, 3.8) is 0 Å². The van der Waals surface area contributed by atoms with Crippen LogP contribution in [0.1, 0.15) is 35.3 Å². The number of hydrogen-bond acceptors (Lipinski definition) is 1. The Balaban J connectivity index is 1.62. The number of carbonyl (C=O) groups is 1. The van der Waals surface area contributed by atoms with E-state index in [4.69, 9.17) is 0 Å². The minimum atomic E-state index is -0.197. The lowest BCUT2D eigenvalue weighted by Crippen LogP contribution is -2.38. The lowest BCUT2D eigenvalue weighted by Gasteiger charge is -2.31. The summed E-state index contributed by atoms with van der Waals surface area (Å²) in [6, 6.07) is 30.5. The Morgan fingerprint density at radius 3 is 2.48 bits per heavy atom. The molecule has 0 bridgehead atoms. The van der Waals surface area contributed by atoms with Crippen molar-refractivity contribution in [2.24, 2.45) is 0 Å². The molecule has 0 unspecified atom stereocenters. The molecule has 31 heavy (non-hydrogen) atoms. The minimum Gasteiger partial charge on any atom is -0.318 e. The summed E-state index contributed by atoms with van der Waals surface area (Å²) in [5.41, 5.74) is 6.41. The fraction of sp³-hybridized carbons (Fsp3) is 0.148. The van der Waals surface area contributed by atoms with E-state index in [1.807, 2.05) is 53.4 Å². The average molecular weight is 408 g/mol. The SMILES string of the molecule is CCc1ccccc1NC(=O)N1Cc2ccccc2-n2cccc2[C@@H]1c1ccccc1. The van der Waals surface area contributed by atoms with Gasteiger partial charge in [-0.15, -0.1) is 0 Å². The van der Waals surface area contributed by atoms with E-state index in [2.05, 4.69) is 65.5 Å². The molecule has 0 aliphatic carbocycles. The predicted octanol–water partition coefficient (Wildman–Crippen LogP) is 6.18. The summed E-state index contributed by atoms with van der Waals surface area (Å²) < 4.78 is 2.21. The van der Waals surface area contributed by atoms with Crippen molar-refractivity contribution in [3.8, 4) is 5.69 Å². The van der Waals surface area contributed by atoms with Gasteiger partial charge in [0, 0.05) is 17.6 Å². The molecule has 1 aliphatic heterocycles. The second-order valence-electron chi connectivity index (χ2n) is 7.81. The molecular weight excluding hydrogens is 382 g/mol. The summed E-state index contributed by atoms with van der Waals surface area (Å²) in [4.78, 5) is 15.7. The van der Waals surface area contributed by atoms with Gasteiger partial charge in [-0.3, -0.25) is 0 Å². The molecule has 1 aliphatic rings. The molecule has 0 saturated carbocycles. The van der Waals surface area contributed by atoms with Crippen LogP contribution >= 0.6 is 0 Å². The number of fused-ring (bicyclic) bond motifs is 3. The number of amides is 2. The van der Waals surface area contributed by atoms with Crippen molar-refractivity contribution in [2.45, 2.75) is 25.9 Å². The quantitative estimate of drug-likeness (QED) is 0.433. The Morgan fingerprint density at radius 2 is 1.65 bits per heavy atom. The molecule has 5 rings (SSSR count). The molecule has 2 amide bonds. The number of nitrogens with one attached hydrogen (secondary N) is 1. The molecule has 154 valence electrons. The van der Waals surface area contributed by atoms with Crippen molar-refractivity contribution < 1.29 is 4.79 Å². The van der Waals surface area contributed by atoms with Crippen LogP contribution in [0.25, 0.3) is 5.69 Å². The fourth-order valence-electron chi connectivity index (χ4n) is 4.46. The van der Waals surface area contributed by atoms with Crippen LogP contribution in [-0.2, 0) is 13.0 Å². The molecule has 4 aromatic rings. The second kappa shape index (κ2) is 8.15. The highest BCUT2D eigenvalue weighted by molar-refractivity contribution is 5.91. The Morgan fingerprint density at radius 1 is 0.903 bits per heavy atom. The number of urea groups is 1. The van der Waals surface area contributed by atoms with E-state index in [9.17, 15) is 4.79 Å². The highest BCUT2D eigenvalue weighted by Gasteiger charge is 2.33. The molecule has 0 spiro atoms. The van der Waals surface area contributed by atoms with Crippen molar-refractivity contribution in [1.29, 1.82) is 0 Å². The van der Waals surface area contributed by atoms with Crippen LogP contribution in [0.5, 0.6) is 0 Å². The maximum atomic E-state index is 13.7. The average Bonchev–Trinajstić information content (AvgIpc) is 3.24. The molecule has 4 heteroatoms. The Bertz CT molecular complexity index is 1210. The zero-order valence-corrected chi connectivity index (χ0v) is 17.5. The molecule has 0 saturated heterocycles. The lowest BCUT2D eigenvalue weighted by atomic mass is 10.0. The number of hydrogen-bond donors (Lipinski definition) is 1. The number of rotatable bonds is 3. The van der Waals surface area contributed by atoms with Gasteiger partial charge in [0.15, 0.2) is 0 Å². The molecule has 0 fully saturated rings. The smallest absolute Gasteiger partial charge is 0.318 e. The number of para-hydroxylation sites is 2. The zero-order valence-electron chi connectivity index (χ0n) is 17.5. The van der Waals surface area contributed by atoms with Gasteiger partial charge in [0.1, 0.15) is 0 Å². The van der Waals surface area contributed by atoms with E-state index in [-0.39, 0.29) is 12.1 Å². The molecule has 1 aromatic heterocycles. The first-order valence-electron chi connectivity index (χ1n) is 10.7. The zero-order chi connectivity index (χ0) is 21.2. The van der Waals surface area contributed by atoms with E-state index in [1.165, 1.54) is 0 Å². The van der Waals surface area contributed by atoms with Gasteiger partial charge >= 0.3 is 6.03 Å². The van der Waals surface area contributed by atoms with Crippen LogP contribution in [0.2, 0.25) is 0 Å². The van der Waals surface area contributed by atoms with Gasteiger partial charge in [-0.2, -0.15) is 0 Å². The Labute approximate surface area is 182 Å². The molecular formula is C27H25N3O. The highest BCUT2D eigenvalue weighted by atomic mass is 16.2. The minimum absolute atomic E-state index is 0.0980. The molecule has 3 aromatic carbocycles. The van der Waals surface area contributed by atoms with E-state index in [0.717, 1.165) is 40.2 Å². The van der Waals surface area contributed by atoms with Crippen LogP contribution in [-0.4, -0.2) is 15.5 Å². The summed E-state index contributed by atoms with van der Waals surface area (Å²) >= 11 is 0. The van der Waals surface area contributed by atoms with Crippen LogP contribution in [0.4, 0.5) is 10.5 Å². The van der Waals surface area contributed by atoms with Crippen LogP contribution in [0.3, 0.4) is 0 Å². The summed E-state index contributed by atoms with van der Waals surface area (Å²) in [6.45, 7) is 2.63. The normalized spacial score (nSPS) is 15.0. The van der Waals surface area contributed by atoms with E-state index < -0.39 is 0 Å². The van der Waals surface area contributed by atoms with Crippen molar-refractivity contribution in [2.75, 3.05) is 5.32 Å². The molecule has 2 heterocycles. The van der Waals surface area contributed by atoms with Crippen molar-refractivity contribution in [1.82, 2.24) is 9.47 Å². The summed E-state index contributed by atoms with van der Waals surface area (Å²) in [7, 11) is 0. The first-order valence-corrected chi connectivity index (χ1v) is 10.7. The van der Waals surface area contributed by atoms with Gasteiger partial charge in [0.05, 0.1) is 18.3 Å². The first kappa shape index (κ1) is 19.2. The molecule has 4 nitrogen and oxygen atoms in total. The fourth-order valence-corrected chi connectivity index (χ4v) is 4.46. The summed E-state index contributed by atoms with van der Waals surface area (Å²) in [5, 5.41) is 3.19. The third-order valence-corrected chi connectivity index (χ3v) is 5.98. The third kappa shape index (κ3) is 3.50. The number of aromatic nitrogens is 1. The molecule has 1 N–H and O–H groups in total. The summed E-state index contributed by atoms with van der Waals surface area (Å²) in [5.74, 6) is 0. The molecule has 1 atom stereocenters. The Kier molecular flexibility index (Phi) is 5.04. The first-order chi connectivity index (χ1) is 15.3. The Hall–Kier alpha value is -3.79. The second-order valence-corrected chi connectivity index (χ2v) is 7.81. The largest absolute Gasteiger partial charge is 0.322 e.